The van der Waals surface area contributed by atoms with Crippen LogP contribution in [-0.2, 0) is 13.0 Å². The van der Waals surface area contributed by atoms with Gasteiger partial charge in [-0.05, 0) is 62.2 Å². The maximum atomic E-state index is 4.97. The maximum absolute atomic E-state index is 4.97. The molecule has 1 fully saturated rings. The summed E-state index contributed by atoms with van der Waals surface area (Å²) in [5.74, 6) is 0. The van der Waals surface area contributed by atoms with Crippen LogP contribution in [0.4, 0.5) is 5.69 Å². The molecule has 5 rings (SSSR count). The van der Waals surface area contributed by atoms with Crippen LogP contribution in [0.25, 0.3) is 16.9 Å². The van der Waals surface area contributed by atoms with Crippen molar-refractivity contribution in [3.63, 3.8) is 0 Å². The molecule has 1 N–H and O–H groups in total. The number of anilines is 1. The van der Waals surface area contributed by atoms with Crippen molar-refractivity contribution >= 4 is 11.3 Å². The minimum absolute atomic E-state index is 0.982. The molecule has 1 aromatic carbocycles. The molecule has 1 saturated heterocycles. The van der Waals surface area contributed by atoms with Gasteiger partial charge in [0, 0.05) is 30.5 Å². The molecule has 4 heterocycles. The number of aromatic nitrogens is 2. The molecule has 2 aliphatic heterocycles. The Balaban J connectivity index is 1.63. The highest BCUT2D eigenvalue weighted by Crippen LogP contribution is 2.31. The average Bonchev–Trinajstić information content (AvgIpc) is 3.34. The molecular weight excluding hydrogens is 296 g/mol. The Morgan fingerprint density at radius 1 is 1.08 bits per heavy atom. The Morgan fingerprint density at radius 3 is 2.92 bits per heavy atom. The van der Waals surface area contributed by atoms with E-state index in [1.807, 2.05) is 0 Å². The van der Waals surface area contributed by atoms with Crippen molar-refractivity contribution < 1.29 is 0 Å². The lowest BCUT2D eigenvalue weighted by Gasteiger charge is -2.15. The third-order valence-corrected chi connectivity index (χ3v) is 5.29. The second-order valence-corrected chi connectivity index (χ2v) is 6.87. The number of fused-ring (bicyclic) bond motifs is 2. The molecule has 0 atom stereocenters. The lowest BCUT2D eigenvalue weighted by molar-refractivity contribution is 0.327. The van der Waals surface area contributed by atoms with Gasteiger partial charge < -0.3 is 9.72 Å². The van der Waals surface area contributed by atoms with Crippen LogP contribution >= 0.6 is 0 Å². The fourth-order valence-corrected chi connectivity index (χ4v) is 4.03. The van der Waals surface area contributed by atoms with Crippen molar-refractivity contribution in [3.05, 3.63) is 53.9 Å². The number of imidazole rings is 1. The highest BCUT2D eigenvalue weighted by molar-refractivity contribution is 5.71. The first-order valence-corrected chi connectivity index (χ1v) is 8.94. The summed E-state index contributed by atoms with van der Waals surface area (Å²) in [7, 11) is 0. The third-order valence-electron chi connectivity index (χ3n) is 5.29. The zero-order valence-corrected chi connectivity index (χ0v) is 13.8. The van der Waals surface area contributed by atoms with E-state index in [-0.39, 0.29) is 0 Å². The highest BCUT2D eigenvalue weighted by atomic mass is 15.2. The number of hydrogen-bond acceptors (Lipinski definition) is 3. The van der Waals surface area contributed by atoms with Crippen LogP contribution in [0.15, 0.2) is 42.6 Å². The Morgan fingerprint density at radius 2 is 2.00 bits per heavy atom. The normalized spacial score (nSPS) is 17.3. The SMILES string of the molecule is c1ccn2c(CN3CCCC3)c(-c3ccc4c(c3)CCN4)nc2c1. The smallest absolute Gasteiger partial charge is 0.137 e. The minimum atomic E-state index is 0.982. The predicted molar refractivity (Wildman–Crippen MR) is 97.3 cm³/mol. The molecule has 0 spiro atoms. The number of hydrogen-bond donors (Lipinski definition) is 1. The van der Waals surface area contributed by atoms with E-state index in [2.05, 4.69) is 57.2 Å². The number of benzene rings is 1. The molecule has 3 aromatic rings. The summed E-state index contributed by atoms with van der Waals surface area (Å²) in [6.07, 6.45) is 5.89. The van der Waals surface area contributed by atoms with E-state index < -0.39 is 0 Å². The molecule has 0 radical (unpaired) electrons. The van der Waals surface area contributed by atoms with Gasteiger partial charge in [-0.1, -0.05) is 12.1 Å². The quantitative estimate of drug-likeness (QED) is 0.801. The molecule has 24 heavy (non-hydrogen) atoms. The van der Waals surface area contributed by atoms with E-state index in [0.717, 1.165) is 30.9 Å². The first-order chi connectivity index (χ1) is 11.9. The standard InChI is InChI=1S/C20H22N4/c1-2-12-24-18(14-23-10-3-4-11-23)20(22-19(24)5-1)16-6-7-17-15(13-16)8-9-21-17/h1-2,5-7,12-13,21H,3-4,8-11,14H2. The molecule has 4 heteroatoms. The van der Waals surface area contributed by atoms with Crippen molar-refractivity contribution in [2.75, 3.05) is 25.0 Å². The van der Waals surface area contributed by atoms with Crippen molar-refractivity contribution in [2.24, 2.45) is 0 Å². The summed E-state index contributed by atoms with van der Waals surface area (Å²) >= 11 is 0. The Bertz CT molecular complexity index is 890. The number of pyridine rings is 1. The maximum Gasteiger partial charge on any atom is 0.137 e. The third kappa shape index (κ3) is 2.29. The van der Waals surface area contributed by atoms with Crippen molar-refractivity contribution in [3.8, 4) is 11.3 Å². The summed E-state index contributed by atoms with van der Waals surface area (Å²) in [5, 5.41) is 3.44. The van der Waals surface area contributed by atoms with Crippen molar-refractivity contribution in [2.45, 2.75) is 25.8 Å². The number of rotatable bonds is 3. The summed E-state index contributed by atoms with van der Waals surface area (Å²) in [6, 6.07) is 13.0. The largest absolute Gasteiger partial charge is 0.384 e. The van der Waals surface area contributed by atoms with E-state index in [9.17, 15) is 0 Å². The van der Waals surface area contributed by atoms with E-state index in [4.69, 9.17) is 4.98 Å². The minimum Gasteiger partial charge on any atom is -0.384 e. The van der Waals surface area contributed by atoms with Gasteiger partial charge >= 0.3 is 0 Å². The fourth-order valence-electron chi connectivity index (χ4n) is 4.03. The van der Waals surface area contributed by atoms with Gasteiger partial charge in [0.1, 0.15) is 5.65 Å². The molecule has 0 saturated carbocycles. The van der Waals surface area contributed by atoms with Gasteiger partial charge in [0.15, 0.2) is 0 Å². The predicted octanol–water partition coefficient (Wildman–Crippen LogP) is 3.57. The van der Waals surface area contributed by atoms with Gasteiger partial charge in [0.05, 0.1) is 11.4 Å². The second-order valence-electron chi connectivity index (χ2n) is 6.87. The van der Waals surface area contributed by atoms with Crippen LogP contribution in [0.3, 0.4) is 0 Å². The van der Waals surface area contributed by atoms with E-state index in [1.54, 1.807) is 0 Å². The zero-order valence-electron chi connectivity index (χ0n) is 13.8. The van der Waals surface area contributed by atoms with Gasteiger partial charge in [-0.15, -0.1) is 0 Å². The summed E-state index contributed by atoms with van der Waals surface area (Å²) in [6.45, 7) is 4.43. The Labute approximate surface area is 142 Å². The van der Waals surface area contributed by atoms with Gasteiger partial charge in [0.25, 0.3) is 0 Å². The lowest BCUT2D eigenvalue weighted by Crippen LogP contribution is -2.19. The van der Waals surface area contributed by atoms with Gasteiger partial charge in [-0.3, -0.25) is 4.90 Å². The average molecular weight is 318 g/mol. The summed E-state index contributed by atoms with van der Waals surface area (Å²) in [5.41, 5.74) is 7.44. The van der Waals surface area contributed by atoms with E-state index in [1.165, 1.54) is 48.4 Å². The van der Waals surface area contributed by atoms with Crippen LogP contribution in [0.5, 0.6) is 0 Å². The lowest BCUT2D eigenvalue weighted by atomic mass is 10.0. The first kappa shape index (κ1) is 14.1. The van der Waals surface area contributed by atoms with Crippen LogP contribution in [0.1, 0.15) is 24.1 Å². The highest BCUT2D eigenvalue weighted by Gasteiger charge is 2.20. The Hall–Kier alpha value is -2.33. The van der Waals surface area contributed by atoms with E-state index in [0.29, 0.717) is 0 Å². The topological polar surface area (TPSA) is 32.6 Å². The molecule has 122 valence electrons. The van der Waals surface area contributed by atoms with Gasteiger partial charge in [-0.2, -0.15) is 0 Å². The van der Waals surface area contributed by atoms with Crippen LogP contribution in [0, 0.1) is 0 Å². The molecule has 0 unspecified atom stereocenters. The molecular formula is C20H22N4. The van der Waals surface area contributed by atoms with E-state index >= 15 is 0 Å². The molecule has 0 aliphatic carbocycles. The van der Waals surface area contributed by atoms with Crippen LogP contribution in [0.2, 0.25) is 0 Å². The Kier molecular flexibility index (Phi) is 3.30. The molecule has 0 amide bonds. The zero-order chi connectivity index (χ0) is 15.9. The van der Waals surface area contributed by atoms with Gasteiger partial charge in [0.2, 0.25) is 0 Å². The van der Waals surface area contributed by atoms with Crippen molar-refractivity contribution in [1.82, 2.24) is 14.3 Å². The van der Waals surface area contributed by atoms with Crippen molar-refractivity contribution in [1.29, 1.82) is 0 Å². The van der Waals surface area contributed by atoms with Crippen LogP contribution < -0.4 is 5.32 Å². The number of nitrogens with zero attached hydrogens (tertiary/aromatic N) is 3. The summed E-state index contributed by atoms with van der Waals surface area (Å²) in [4.78, 5) is 7.52. The molecule has 4 nitrogen and oxygen atoms in total. The molecule has 0 bridgehead atoms. The molecule has 2 aliphatic rings. The first-order valence-electron chi connectivity index (χ1n) is 8.94. The van der Waals surface area contributed by atoms with Crippen LogP contribution in [-0.4, -0.2) is 33.9 Å². The fraction of sp³-hybridized carbons (Fsp3) is 0.350. The van der Waals surface area contributed by atoms with Gasteiger partial charge in [-0.25, -0.2) is 4.98 Å². The number of likely N-dealkylation sites (tertiary alicyclic amines) is 1. The number of nitrogens with one attached hydrogen (secondary N) is 1. The monoisotopic (exact) mass is 318 g/mol. The second kappa shape index (κ2) is 5.64. The summed E-state index contributed by atoms with van der Waals surface area (Å²) < 4.78 is 2.26. The molecule has 2 aromatic heterocycles.